The molecule has 1 atom stereocenters. The largest absolute Gasteiger partial charge is 0.422 e. The first kappa shape index (κ1) is 25.7. The van der Waals surface area contributed by atoms with Crippen molar-refractivity contribution in [3.63, 3.8) is 0 Å². The van der Waals surface area contributed by atoms with Crippen LogP contribution in [0.1, 0.15) is 33.5 Å². The fourth-order valence-electron chi connectivity index (χ4n) is 4.36. The number of rotatable bonds is 8. The first-order valence-corrected chi connectivity index (χ1v) is 11.9. The number of hydrogen-bond acceptors (Lipinski definition) is 8. The number of nitrogens with zero attached hydrogens (tertiary/aromatic N) is 5. The van der Waals surface area contributed by atoms with Crippen molar-refractivity contribution in [2.45, 2.75) is 26.1 Å². The third-order valence-electron chi connectivity index (χ3n) is 6.16. The molecule has 4 heterocycles. The highest BCUT2D eigenvalue weighted by atomic mass is 19.1. The number of para-hydroxylation sites is 1. The summed E-state index contributed by atoms with van der Waals surface area (Å²) >= 11 is 0. The van der Waals surface area contributed by atoms with Gasteiger partial charge in [0.1, 0.15) is 35.3 Å². The summed E-state index contributed by atoms with van der Waals surface area (Å²) in [5.74, 6) is -2.10. The van der Waals surface area contributed by atoms with Gasteiger partial charge in [-0.05, 0) is 31.2 Å². The fourth-order valence-corrected chi connectivity index (χ4v) is 4.36. The summed E-state index contributed by atoms with van der Waals surface area (Å²) in [6, 6.07) is 11.7. The standard InChI is InChI=1S/C26H23FN6O6/c1-15(14-38-2)31-12-18-23(25(31)36)32(13-21(34)29-20-9-8-16(27)11-28-20)22-10-19(30-33(22)24(18)35)26(37)39-17-6-4-3-5-7-17/h3-11,15H,12-14H2,1-2H3,(H,28,29,34). The number of fused-ring (bicyclic) bond motifs is 2. The Balaban J connectivity index is 1.56. The van der Waals surface area contributed by atoms with E-state index in [0.717, 1.165) is 16.8 Å². The average Bonchev–Trinajstić information content (AvgIpc) is 3.52. The maximum absolute atomic E-state index is 13.5. The topological polar surface area (TPSA) is 137 Å². The van der Waals surface area contributed by atoms with E-state index in [1.54, 1.807) is 37.3 Å². The number of amides is 2. The quantitative estimate of drug-likeness (QED) is 0.267. The van der Waals surface area contributed by atoms with E-state index in [1.165, 1.54) is 28.7 Å². The molecule has 0 aliphatic carbocycles. The van der Waals surface area contributed by atoms with Gasteiger partial charge in [-0.2, -0.15) is 9.61 Å². The predicted octanol–water partition coefficient (Wildman–Crippen LogP) is 1.88. The van der Waals surface area contributed by atoms with E-state index >= 15 is 0 Å². The summed E-state index contributed by atoms with van der Waals surface area (Å²) in [5, 5.41) is 6.68. The van der Waals surface area contributed by atoms with Gasteiger partial charge in [0.05, 0.1) is 31.0 Å². The predicted molar refractivity (Wildman–Crippen MR) is 135 cm³/mol. The van der Waals surface area contributed by atoms with E-state index in [9.17, 15) is 23.6 Å². The number of pyridine rings is 1. The molecule has 4 aromatic rings. The number of benzene rings is 1. The maximum atomic E-state index is 13.5. The second-order valence-electron chi connectivity index (χ2n) is 8.87. The van der Waals surface area contributed by atoms with Crippen molar-refractivity contribution in [1.82, 2.24) is 24.1 Å². The zero-order valence-corrected chi connectivity index (χ0v) is 21.0. The number of aromatic nitrogens is 4. The van der Waals surface area contributed by atoms with Crippen LogP contribution in [0.25, 0.3) is 5.65 Å². The van der Waals surface area contributed by atoms with Crippen molar-refractivity contribution in [2.24, 2.45) is 0 Å². The van der Waals surface area contributed by atoms with E-state index < -0.39 is 35.7 Å². The van der Waals surface area contributed by atoms with Crippen LogP contribution >= 0.6 is 0 Å². The van der Waals surface area contributed by atoms with Gasteiger partial charge in [0.2, 0.25) is 5.91 Å². The number of anilines is 1. The molecule has 13 heteroatoms. The van der Waals surface area contributed by atoms with Crippen molar-refractivity contribution in [3.8, 4) is 5.75 Å². The van der Waals surface area contributed by atoms with Crippen molar-refractivity contribution in [3.05, 3.63) is 87.9 Å². The lowest BCUT2D eigenvalue weighted by molar-refractivity contribution is -0.116. The minimum atomic E-state index is -0.822. The van der Waals surface area contributed by atoms with Crippen molar-refractivity contribution < 1.29 is 28.2 Å². The number of carbonyl (C=O) groups is 3. The molecule has 2 amide bonds. The Labute approximate surface area is 220 Å². The Kier molecular flexibility index (Phi) is 6.90. The minimum Gasteiger partial charge on any atom is -0.422 e. The molecule has 12 nitrogen and oxygen atoms in total. The molecule has 0 bridgehead atoms. The summed E-state index contributed by atoms with van der Waals surface area (Å²) < 4.78 is 26.0. The zero-order valence-electron chi connectivity index (χ0n) is 21.0. The number of halogens is 1. The number of hydrogen-bond donors (Lipinski definition) is 1. The normalized spacial score (nSPS) is 13.4. The number of nitrogens with one attached hydrogen (secondary N) is 1. The minimum absolute atomic E-state index is 0.000505. The third kappa shape index (κ3) is 4.99. The van der Waals surface area contributed by atoms with Crippen LogP contribution < -0.4 is 15.6 Å². The van der Waals surface area contributed by atoms with E-state index in [4.69, 9.17) is 9.47 Å². The zero-order chi connectivity index (χ0) is 27.7. The highest BCUT2D eigenvalue weighted by Gasteiger charge is 2.37. The molecule has 0 radical (unpaired) electrons. The van der Waals surface area contributed by atoms with Gasteiger partial charge in [-0.3, -0.25) is 14.4 Å². The fraction of sp³-hybridized carbons (Fsp3) is 0.231. The lowest BCUT2D eigenvalue weighted by atomic mass is 10.2. The van der Waals surface area contributed by atoms with Gasteiger partial charge in [-0.25, -0.2) is 14.2 Å². The van der Waals surface area contributed by atoms with Gasteiger partial charge in [-0.1, -0.05) is 18.2 Å². The molecule has 1 aliphatic rings. The smallest absolute Gasteiger partial charge is 0.364 e. The van der Waals surface area contributed by atoms with E-state index in [1.807, 2.05) is 0 Å². The van der Waals surface area contributed by atoms with E-state index in [2.05, 4.69) is 15.4 Å². The Morgan fingerprint density at radius 3 is 2.62 bits per heavy atom. The first-order valence-electron chi connectivity index (χ1n) is 11.9. The maximum Gasteiger partial charge on any atom is 0.364 e. The Morgan fingerprint density at radius 1 is 1.15 bits per heavy atom. The van der Waals surface area contributed by atoms with E-state index in [-0.39, 0.29) is 53.4 Å². The average molecular weight is 535 g/mol. The molecule has 0 saturated heterocycles. The summed E-state index contributed by atoms with van der Waals surface area (Å²) in [5.41, 5.74) is -0.632. The molecular formula is C26H23FN6O6. The van der Waals surface area contributed by atoms with Gasteiger partial charge >= 0.3 is 5.97 Å². The molecule has 5 rings (SSSR count). The van der Waals surface area contributed by atoms with Crippen LogP contribution in [0.4, 0.5) is 10.2 Å². The molecule has 39 heavy (non-hydrogen) atoms. The molecule has 1 unspecified atom stereocenters. The van der Waals surface area contributed by atoms with Crippen molar-refractivity contribution in [2.75, 3.05) is 19.0 Å². The number of esters is 1. The second kappa shape index (κ2) is 10.5. The van der Waals surface area contributed by atoms with Crippen LogP contribution in [0.3, 0.4) is 0 Å². The van der Waals surface area contributed by atoms with Gasteiger partial charge in [0.25, 0.3) is 11.5 Å². The highest BCUT2D eigenvalue weighted by Crippen LogP contribution is 2.25. The van der Waals surface area contributed by atoms with Crippen LogP contribution in [0.5, 0.6) is 5.75 Å². The molecular weight excluding hydrogens is 511 g/mol. The van der Waals surface area contributed by atoms with Crippen LogP contribution in [0.15, 0.2) is 59.5 Å². The Bertz CT molecular complexity index is 1630. The van der Waals surface area contributed by atoms with Crippen molar-refractivity contribution in [1.29, 1.82) is 0 Å². The summed E-state index contributed by atoms with van der Waals surface area (Å²) in [7, 11) is 1.50. The lowest BCUT2D eigenvalue weighted by Gasteiger charge is -2.23. The number of methoxy groups -OCH3 is 1. The summed E-state index contributed by atoms with van der Waals surface area (Å²) in [6.07, 6.45) is 0.949. The van der Waals surface area contributed by atoms with Gasteiger partial charge in [0, 0.05) is 13.2 Å². The molecule has 3 aromatic heterocycles. The number of ether oxygens (including phenoxy) is 2. The molecule has 0 fully saturated rings. The molecule has 1 N–H and O–H groups in total. The Hall–Kier alpha value is -4.91. The highest BCUT2D eigenvalue weighted by molar-refractivity contribution is 5.99. The molecule has 1 aliphatic heterocycles. The number of carbonyl (C=O) groups excluding carboxylic acids is 3. The Morgan fingerprint density at radius 2 is 1.92 bits per heavy atom. The first-order chi connectivity index (χ1) is 18.8. The summed E-state index contributed by atoms with van der Waals surface area (Å²) in [6.45, 7) is 1.55. The molecule has 1 aromatic carbocycles. The van der Waals surface area contributed by atoms with Gasteiger partial charge < -0.3 is 24.3 Å². The van der Waals surface area contributed by atoms with Crippen LogP contribution in [-0.2, 0) is 22.6 Å². The van der Waals surface area contributed by atoms with Crippen LogP contribution in [-0.4, -0.2) is 61.6 Å². The van der Waals surface area contributed by atoms with Crippen LogP contribution in [0, 0.1) is 5.82 Å². The van der Waals surface area contributed by atoms with Crippen LogP contribution in [0.2, 0.25) is 0 Å². The monoisotopic (exact) mass is 534 g/mol. The molecule has 0 saturated carbocycles. The van der Waals surface area contributed by atoms with Gasteiger partial charge in [0.15, 0.2) is 5.69 Å². The summed E-state index contributed by atoms with van der Waals surface area (Å²) in [4.78, 5) is 58.0. The molecule has 0 spiro atoms. The SMILES string of the molecule is COCC(C)N1Cc2c(n(CC(=O)Nc3ccc(F)cn3)c3cc(C(=O)Oc4ccccc4)nn3c2=O)C1=O. The lowest BCUT2D eigenvalue weighted by Crippen LogP contribution is -2.37. The third-order valence-corrected chi connectivity index (χ3v) is 6.16. The second-order valence-corrected chi connectivity index (χ2v) is 8.87. The van der Waals surface area contributed by atoms with Gasteiger partial charge in [-0.15, -0.1) is 0 Å². The molecule has 200 valence electrons. The van der Waals surface area contributed by atoms with Crippen molar-refractivity contribution >= 4 is 29.2 Å². The van der Waals surface area contributed by atoms with E-state index in [0.29, 0.717) is 0 Å².